The summed E-state index contributed by atoms with van der Waals surface area (Å²) in [6, 6.07) is 11.5. The molecule has 0 fully saturated rings. The molecule has 0 saturated carbocycles. The third-order valence-corrected chi connectivity index (χ3v) is 3.08. The van der Waals surface area contributed by atoms with E-state index in [1.54, 1.807) is 36.4 Å². The van der Waals surface area contributed by atoms with Crippen molar-refractivity contribution in [1.82, 2.24) is 0 Å². The number of methoxy groups -OCH3 is 1. The summed E-state index contributed by atoms with van der Waals surface area (Å²) in [5.41, 5.74) is 0.716. The van der Waals surface area contributed by atoms with Crippen LogP contribution in [0.15, 0.2) is 42.5 Å². The van der Waals surface area contributed by atoms with E-state index in [2.05, 4.69) is 0 Å². The molecule has 0 aromatic heterocycles. The molecule has 0 atom stereocenters. The van der Waals surface area contributed by atoms with Gasteiger partial charge in [0.2, 0.25) is 0 Å². The first-order valence-electron chi connectivity index (χ1n) is 5.72. The molecule has 0 spiro atoms. The van der Waals surface area contributed by atoms with E-state index in [9.17, 15) is 9.18 Å². The monoisotopic (exact) mass is 278 g/mol. The van der Waals surface area contributed by atoms with Gasteiger partial charge in [0.25, 0.3) is 0 Å². The SMILES string of the molecule is COc1ccccc1C(=O)Cc1cccc(Cl)c1F. The Hall–Kier alpha value is -1.87. The lowest BCUT2D eigenvalue weighted by Gasteiger charge is -2.08. The third kappa shape index (κ3) is 2.93. The molecule has 0 amide bonds. The van der Waals surface area contributed by atoms with Crippen LogP contribution in [-0.2, 0) is 6.42 Å². The van der Waals surface area contributed by atoms with E-state index in [0.29, 0.717) is 11.3 Å². The van der Waals surface area contributed by atoms with E-state index in [-0.39, 0.29) is 22.8 Å². The standard InChI is InChI=1S/C15H12ClFO2/c1-19-14-8-3-2-6-11(14)13(18)9-10-5-4-7-12(16)15(10)17/h2-8H,9H2,1H3. The van der Waals surface area contributed by atoms with Crippen molar-refractivity contribution >= 4 is 17.4 Å². The first kappa shape index (κ1) is 13.6. The highest BCUT2D eigenvalue weighted by Crippen LogP contribution is 2.22. The van der Waals surface area contributed by atoms with Crippen LogP contribution < -0.4 is 4.74 Å². The predicted octanol–water partition coefficient (Wildman–Crippen LogP) is 3.91. The number of carbonyl (C=O) groups excluding carboxylic acids is 1. The Morgan fingerprint density at radius 2 is 1.95 bits per heavy atom. The fraction of sp³-hybridized carbons (Fsp3) is 0.133. The maximum absolute atomic E-state index is 13.7. The number of hydrogen-bond donors (Lipinski definition) is 0. The van der Waals surface area contributed by atoms with E-state index in [0.717, 1.165) is 0 Å². The Kier molecular flexibility index (Phi) is 4.17. The largest absolute Gasteiger partial charge is 0.496 e. The lowest BCUT2D eigenvalue weighted by Crippen LogP contribution is -2.07. The van der Waals surface area contributed by atoms with Crippen LogP contribution in [0.25, 0.3) is 0 Å². The molecule has 0 aliphatic heterocycles. The summed E-state index contributed by atoms with van der Waals surface area (Å²) in [4.78, 5) is 12.2. The zero-order valence-electron chi connectivity index (χ0n) is 10.3. The lowest BCUT2D eigenvalue weighted by atomic mass is 10.0. The molecule has 0 bridgehead atoms. The molecule has 0 unspecified atom stereocenters. The highest BCUT2D eigenvalue weighted by atomic mass is 35.5. The van der Waals surface area contributed by atoms with Crippen molar-refractivity contribution in [2.45, 2.75) is 6.42 Å². The highest BCUT2D eigenvalue weighted by Gasteiger charge is 2.15. The lowest BCUT2D eigenvalue weighted by molar-refractivity contribution is 0.0989. The number of para-hydroxylation sites is 1. The molecule has 0 N–H and O–H groups in total. The summed E-state index contributed by atoms with van der Waals surface area (Å²) < 4.78 is 18.9. The van der Waals surface area contributed by atoms with Gasteiger partial charge in [-0.05, 0) is 23.8 Å². The molecule has 0 radical (unpaired) electrons. The van der Waals surface area contributed by atoms with Gasteiger partial charge < -0.3 is 4.74 Å². The minimum atomic E-state index is -0.549. The number of ether oxygens (including phenoxy) is 1. The van der Waals surface area contributed by atoms with Gasteiger partial charge in [-0.15, -0.1) is 0 Å². The van der Waals surface area contributed by atoms with Gasteiger partial charge >= 0.3 is 0 Å². The van der Waals surface area contributed by atoms with Crippen LogP contribution >= 0.6 is 11.6 Å². The van der Waals surface area contributed by atoms with Gasteiger partial charge in [0.15, 0.2) is 5.78 Å². The zero-order valence-corrected chi connectivity index (χ0v) is 11.1. The first-order chi connectivity index (χ1) is 9.13. The number of carbonyl (C=O) groups is 1. The topological polar surface area (TPSA) is 26.3 Å². The van der Waals surface area contributed by atoms with Gasteiger partial charge in [-0.1, -0.05) is 35.9 Å². The van der Waals surface area contributed by atoms with Gasteiger partial charge in [0.1, 0.15) is 11.6 Å². The van der Waals surface area contributed by atoms with E-state index >= 15 is 0 Å². The van der Waals surface area contributed by atoms with Gasteiger partial charge in [0, 0.05) is 6.42 Å². The van der Waals surface area contributed by atoms with Crippen LogP contribution in [0.1, 0.15) is 15.9 Å². The Morgan fingerprint density at radius 1 is 1.21 bits per heavy atom. The number of hydrogen-bond acceptors (Lipinski definition) is 2. The molecule has 0 heterocycles. The average Bonchev–Trinajstić information content (AvgIpc) is 2.43. The predicted molar refractivity (Wildman–Crippen MR) is 72.4 cm³/mol. The van der Waals surface area contributed by atoms with Crippen molar-refractivity contribution in [1.29, 1.82) is 0 Å². The quantitative estimate of drug-likeness (QED) is 0.793. The number of ketones is 1. The highest BCUT2D eigenvalue weighted by molar-refractivity contribution is 6.30. The van der Waals surface area contributed by atoms with Crippen molar-refractivity contribution in [3.63, 3.8) is 0 Å². The molecular weight excluding hydrogens is 267 g/mol. The Morgan fingerprint density at radius 3 is 2.68 bits per heavy atom. The summed E-state index contributed by atoms with van der Waals surface area (Å²) in [5, 5.41) is 0.0188. The maximum atomic E-state index is 13.7. The van der Waals surface area contributed by atoms with Crippen LogP contribution in [-0.4, -0.2) is 12.9 Å². The van der Waals surface area contributed by atoms with E-state index in [1.165, 1.54) is 13.2 Å². The fourth-order valence-electron chi connectivity index (χ4n) is 1.83. The molecule has 2 nitrogen and oxygen atoms in total. The van der Waals surface area contributed by atoms with Crippen LogP contribution in [0, 0.1) is 5.82 Å². The normalized spacial score (nSPS) is 10.3. The van der Waals surface area contributed by atoms with Crippen molar-refractivity contribution in [2.75, 3.05) is 7.11 Å². The minimum Gasteiger partial charge on any atom is -0.496 e. The van der Waals surface area contributed by atoms with E-state index in [1.807, 2.05) is 0 Å². The number of benzene rings is 2. The van der Waals surface area contributed by atoms with Crippen molar-refractivity contribution in [2.24, 2.45) is 0 Å². The summed E-state index contributed by atoms with van der Waals surface area (Å²) in [5.74, 6) is -0.277. The molecule has 4 heteroatoms. The number of Topliss-reactive ketones (excluding diaryl/α,β-unsaturated/α-hetero) is 1. The average molecular weight is 279 g/mol. The number of rotatable bonds is 4. The molecule has 2 aromatic rings. The second-order valence-electron chi connectivity index (χ2n) is 4.01. The molecule has 2 rings (SSSR count). The van der Waals surface area contributed by atoms with Gasteiger partial charge in [-0.25, -0.2) is 4.39 Å². The van der Waals surface area contributed by atoms with Crippen LogP contribution in [0.3, 0.4) is 0 Å². The Labute approximate surface area is 115 Å². The summed E-state index contributed by atoms with van der Waals surface area (Å²) >= 11 is 5.69. The Bertz CT molecular complexity index is 611. The summed E-state index contributed by atoms with van der Waals surface area (Å²) in [6.07, 6.45) is -0.0488. The minimum absolute atomic E-state index is 0.0188. The molecular formula is C15H12ClFO2. The third-order valence-electron chi connectivity index (χ3n) is 2.79. The molecule has 0 aliphatic carbocycles. The second kappa shape index (κ2) is 5.85. The smallest absolute Gasteiger partial charge is 0.171 e. The second-order valence-corrected chi connectivity index (χ2v) is 4.42. The van der Waals surface area contributed by atoms with Crippen LogP contribution in [0.4, 0.5) is 4.39 Å². The molecule has 2 aromatic carbocycles. The Balaban J connectivity index is 2.28. The maximum Gasteiger partial charge on any atom is 0.171 e. The number of halogens is 2. The van der Waals surface area contributed by atoms with Crippen molar-refractivity contribution < 1.29 is 13.9 Å². The van der Waals surface area contributed by atoms with Crippen LogP contribution in [0.5, 0.6) is 5.75 Å². The molecule has 0 saturated heterocycles. The molecule has 0 aliphatic rings. The van der Waals surface area contributed by atoms with Gasteiger partial charge in [-0.3, -0.25) is 4.79 Å². The van der Waals surface area contributed by atoms with Gasteiger partial charge in [0.05, 0.1) is 17.7 Å². The summed E-state index contributed by atoms with van der Waals surface area (Å²) in [6.45, 7) is 0. The van der Waals surface area contributed by atoms with Gasteiger partial charge in [-0.2, -0.15) is 0 Å². The molecule has 19 heavy (non-hydrogen) atoms. The van der Waals surface area contributed by atoms with Crippen molar-refractivity contribution in [3.05, 3.63) is 64.4 Å². The fourth-order valence-corrected chi connectivity index (χ4v) is 2.02. The first-order valence-corrected chi connectivity index (χ1v) is 6.10. The van der Waals surface area contributed by atoms with Crippen molar-refractivity contribution in [3.8, 4) is 5.75 Å². The van der Waals surface area contributed by atoms with E-state index in [4.69, 9.17) is 16.3 Å². The van der Waals surface area contributed by atoms with Crippen LogP contribution in [0.2, 0.25) is 5.02 Å². The zero-order chi connectivity index (χ0) is 13.8. The van der Waals surface area contributed by atoms with E-state index < -0.39 is 5.82 Å². The summed E-state index contributed by atoms with van der Waals surface area (Å²) in [7, 11) is 1.49. The molecule has 98 valence electrons.